The summed E-state index contributed by atoms with van der Waals surface area (Å²) in [5.41, 5.74) is 0.405. The summed E-state index contributed by atoms with van der Waals surface area (Å²) in [6, 6.07) is 0.610. The summed E-state index contributed by atoms with van der Waals surface area (Å²) in [4.78, 5) is 15.4. The van der Waals surface area contributed by atoms with E-state index in [4.69, 9.17) is 0 Å². The fourth-order valence-corrected chi connectivity index (χ4v) is 4.83. The van der Waals surface area contributed by atoms with Crippen LogP contribution in [-0.2, 0) is 4.79 Å². The van der Waals surface area contributed by atoms with Crippen molar-refractivity contribution >= 4 is 18.3 Å². The lowest BCUT2D eigenvalue weighted by molar-refractivity contribution is -0.135. The van der Waals surface area contributed by atoms with Gasteiger partial charge in [0, 0.05) is 18.5 Å². The molecule has 1 N–H and O–H groups in total. The van der Waals surface area contributed by atoms with Gasteiger partial charge in [0.1, 0.15) is 0 Å². The molecule has 0 bridgehead atoms. The van der Waals surface area contributed by atoms with Crippen LogP contribution in [0.5, 0.6) is 0 Å². The second kappa shape index (κ2) is 6.68. The van der Waals surface area contributed by atoms with Gasteiger partial charge in [0.15, 0.2) is 0 Å². The second-order valence-electron chi connectivity index (χ2n) is 8.09. The lowest BCUT2D eigenvalue weighted by Gasteiger charge is -2.31. The Morgan fingerprint density at radius 3 is 2.36 bits per heavy atom. The van der Waals surface area contributed by atoms with Gasteiger partial charge in [0.05, 0.1) is 0 Å². The van der Waals surface area contributed by atoms with Gasteiger partial charge in [-0.1, -0.05) is 19.3 Å². The van der Waals surface area contributed by atoms with Crippen LogP contribution in [0.2, 0.25) is 0 Å². The van der Waals surface area contributed by atoms with E-state index in [1.54, 1.807) is 0 Å². The lowest BCUT2D eigenvalue weighted by Crippen LogP contribution is -2.40. The first kappa shape index (κ1) is 16.6. The van der Waals surface area contributed by atoms with Crippen LogP contribution < -0.4 is 5.32 Å². The van der Waals surface area contributed by atoms with Crippen molar-refractivity contribution in [1.29, 1.82) is 0 Å². The predicted molar refractivity (Wildman–Crippen MR) is 91.2 cm³/mol. The molecular formula is C18H31ClN2O. The molecular weight excluding hydrogens is 296 g/mol. The van der Waals surface area contributed by atoms with E-state index in [0.29, 0.717) is 23.3 Å². The lowest BCUT2D eigenvalue weighted by atomic mass is 9.88. The first-order valence-electron chi connectivity index (χ1n) is 9.30. The van der Waals surface area contributed by atoms with Gasteiger partial charge in [0.2, 0.25) is 5.91 Å². The van der Waals surface area contributed by atoms with E-state index in [2.05, 4.69) is 10.2 Å². The molecule has 0 aromatic heterocycles. The number of carbonyl (C=O) groups excluding carboxylic acids is 1. The maximum Gasteiger partial charge on any atom is 0.226 e. The number of hydrogen-bond acceptors (Lipinski definition) is 2. The number of halogens is 1. The zero-order valence-electron chi connectivity index (χ0n) is 13.7. The zero-order valence-corrected chi connectivity index (χ0v) is 14.5. The van der Waals surface area contributed by atoms with Crippen molar-refractivity contribution in [2.24, 2.45) is 17.3 Å². The second-order valence-corrected chi connectivity index (χ2v) is 8.09. The Morgan fingerprint density at radius 1 is 1.05 bits per heavy atom. The third kappa shape index (κ3) is 3.31. The first-order chi connectivity index (χ1) is 10.3. The first-order valence-corrected chi connectivity index (χ1v) is 9.30. The van der Waals surface area contributed by atoms with Gasteiger partial charge in [-0.3, -0.25) is 4.79 Å². The van der Waals surface area contributed by atoms with Crippen molar-refractivity contribution in [3.63, 3.8) is 0 Å². The molecule has 3 nitrogen and oxygen atoms in total. The van der Waals surface area contributed by atoms with Crippen LogP contribution in [0.1, 0.15) is 64.2 Å². The van der Waals surface area contributed by atoms with Crippen LogP contribution in [0.4, 0.5) is 0 Å². The fourth-order valence-electron chi connectivity index (χ4n) is 4.83. The van der Waals surface area contributed by atoms with Crippen molar-refractivity contribution in [2.75, 3.05) is 19.6 Å². The minimum absolute atomic E-state index is 0. The van der Waals surface area contributed by atoms with Crippen LogP contribution in [0.15, 0.2) is 0 Å². The molecule has 0 aromatic rings. The van der Waals surface area contributed by atoms with Gasteiger partial charge < -0.3 is 10.2 Å². The van der Waals surface area contributed by atoms with Crippen LogP contribution >= 0.6 is 12.4 Å². The Balaban J connectivity index is 0.00000144. The number of carbonyl (C=O) groups is 1. The summed E-state index contributed by atoms with van der Waals surface area (Å²) in [5.74, 6) is 1.71. The third-order valence-corrected chi connectivity index (χ3v) is 6.54. The molecule has 4 rings (SSSR count). The van der Waals surface area contributed by atoms with Crippen LogP contribution in [-0.4, -0.2) is 36.5 Å². The van der Waals surface area contributed by atoms with Gasteiger partial charge in [0.25, 0.3) is 0 Å². The Hall–Kier alpha value is -0.280. The van der Waals surface area contributed by atoms with E-state index >= 15 is 0 Å². The quantitative estimate of drug-likeness (QED) is 0.859. The smallest absolute Gasteiger partial charge is 0.226 e. The van der Waals surface area contributed by atoms with Crippen molar-refractivity contribution in [1.82, 2.24) is 10.2 Å². The molecule has 3 aliphatic carbocycles. The van der Waals surface area contributed by atoms with Crippen LogP contribution in [0.3, 0.4) is 0 Å². The molecule has 1 aliphatic heterocycles. The number of amides is 1. The van der Waals surface area contributed by atoms with E-state index in [-0.39, 0.29) is 12.4 Å². The predicted octanol–water partition coefficient (Wildman–Crippen LogP) is 3.37. The summed E-state index contributed by atoms with van der Waals surface area (Å²) >= 11 is 0. The van der Waals surface area contributed by atoms with E-state index < -0.39 is 0 Å². The Morgan fingerprint density at radius 2 is 1.73 bits per heavy atom. The Kier molecular flexibility index (Phi) is 5.04. The van der Waals surface area contributed by atoms with Gasteiger partial charge in [-0.2, -0.15) is 0 Å². The van der Waals surface area contributed by atoms with Crippen LogP contribution in [0.25, 0.3) is 0 Å². The topological polar surface area (TPSA) is 32.3 Å². The Bertz CT molecular complexity index is 398. The number of nitrogens with zero attached hydrogens (tertiary/aromatic N) is 1. The van der Waals surface area contributed by atoms with E-state index in [9.17, 15) is 4.79 Å². The molecule has 22 heavy (non-hydrogen) atoms. The molecule has 1 unspecified atom stereocenters. The van der Waals surface area contributed by atoms with Crippen molar-refractivity contribution in [3.8, 4) is 0 Å². The highest BCUT2D eigenvalue weighted by atomic mass is 35.5. The van der Waals surface area contributed by atoms with Crippen LogP contribution in [0, 0.1) is 17.3 Å². The fraction of sp³-hybridized carbons (Fsp3) is 0.944. The number of hydrogen-bond donors (Lipinski definition) is 1. The average molecular weight is 327 g/mol. The molecule has 1 saturated heterocycles. The molecule has 126 valence electrons. The summed E-state index contributed by atoms with van der Waals surface area (Å²) in [5, 5.41) is 3.44. The zero-order chi connectivity index (χ0) is 14.3. The SMILES string of the molecule is Cl.O=C(C1CC12CCNCC2)N(CC1CCCCC1)C1CC1. The number of nitrogens with one attached hydrogen (secondary N) is 1. The normalized spacial score (nSPS) is 30.6. The summed E-state index contributed by atoms with van der Waals surface area (Å²) in [6.07, 6.45) is 13.1. The highest BCUT2D eigenvalue weighted by Crippen LogP contribution is 2.59. The highest BCUT2D eigenvalue weighted by molar-refractivity contribution is 5.85. The molecule has 0 radical (unpaired) electrons. The molecule has 1 heterocycles. The molecule has 1 amide bonds. The maximum atomic E-state index is 13.0. The van der Waals surface area contributed by atoms with Gasteiger partial charge in [-0.25, -0.2) is 0 Å². The highest BCUT2D eigenvalue weighted by Gasteiger charge is 2.59. The van der Waals surface area contributed by atoms with E-state index in [1.165, 1.54) is 64.2 Å². The molecule has 1 atom stereocenters. The van der Waals surface area contributed by atoms with Crippen molar-refractivity contribution in [2.45, 2.75) is 70.3 Å². The summed E-state index contributed by atoms with van der Waals surface area (Å²) < 4.78 is 0. The molecule has 4 fully saturated rings. The molecule has 4 heteroatoms. The van der Waals surface area contributed by atoms with Crippen molar-refractivity contribution in [3.05, 3.63) is 0 Å². The largest absolute Gasteiger partial charge is 0.339 e. The molecule has 4 aliphatic rings. The van der Waals surface area contributed by atoms with E-state index in [0.717, 1.165) is 25.6 Å². The number of piperidine rings is 1. The molecule has 3 saturated carbocycles. The van der Waals surface area contributed by atoms with Gasteiger partial charge in [-0.05, 0) is 69.4 Å². The molecule has 1 spiro atoms. The minimum atomic E-state index is 0. The summed E-state index contributed by atoms with van der Waals surface area (Å²) in [7, 11) is 0. The maximum absolute atomic E-state index is 13.0. The minimum Gasteiger partial charge on any atom is -0.339 e. The standard InChI is InChI=1S/C18H30N2O.ClH/c21-17(16-12-18(16)8-10-19-11-9-18)20(15-6-7-15)13-14-4-2-1-3-5-14;/h14-16,19H,1-13H2;1H. The monoisotopic (exact) mass is 326 g/mol. The number of rotatable bonds is 4. The third-order valence-electron chi connectivity index (χ3n) is 6.54. The summed E-state index contributed by atoms with van der Waals surface area (Å²) in [6.45, 7) is 3.32. The van der Waals surface area contributed by atoms with E-state index in [1.807, 2.05) is 0 Å². The van der Waals surface area contributed by atoms with Gasteiger partial charge in [-0.15, -0.1) is 12.4 Å². The molecule has 0 aromatic carbocycles. The average Bonchev–Trinajstić information content (AvgIpc) is 3.43. The van der Waals surface area contributed by atoms with Crippen molar-refractivity contribution < 1.29 is 4.79 Å². The Labute approximate surface area is 141 Å². The van der Waals surface area contributed by atoms with Gasteiger partial charge >= 0.3 is 0 Å².